The zero-order chi connectivity index (χ0) is 16.5. The number of benzene rings is 1. The molecule has 0 unspecified atom stereocenters. The minimum atomic E-state index is -0.404. The van der Waals surface area contributed by atoms with Crippen molar-refractivity contribution in [3.8, 4) is 5.75 Å². The second kappa shape index (κ2) is 9.15. The van der Waals surface area contributed by atoms with Crippen molar-refractivity contribution < 1.29 is 14.3 Å². The number of amides is 2. The molecule has 6 heteroatoms. The monoisotopic (exact) mass is 319 g/mol. The Hall–Kier alpha value is -2.08. The van der Waals surface area contributed by atoms with Gasteiger partial charge in [0.05, 0.1) is 6.54 Å². The topological polar surface area (TPSA) is 70.7 Å². The van der Waals surface area contributed by atoms with Gasteiger partial charge in [0.25, 0.3) is 0 Å². The van der Waals surface area contributed by atoms with Crippen LogP contribution in [0.25, 0.3) is 0 Å². The van der Waals surface area contributed by atoms with E-state index in [4.69, 9.17) is 4.74 Å². The van der Waals surface area contributed by atoms with Gasteiger partial charge in [-0.05, 0) is 38.4 Å². The molecule has 1 atom stereocenters. The molecular formula is C17H25N3O3. The fourth-order valence-electron chi connectivity index (χ4n) is 2.48. The standard InChI is InChI=1S/C17H25N3O3/c1-20(11-12-23-14-7-3-2-4-8-14)13-16(21)19-15-9-5-6-10-18-17(15)22/h2-4,7-8,15H,5-6,9-13H2,1H3,(H,18,22)(H,19,21)/t15-/m1/s1. The molecule has 0 spiro atoms. The summed E-state index contributed by atoms with van der Waals surface area (Å²) in [5.74, 6) is 0.612. The highest BCUT2D eigenvalue weighted by Crippen LogP contribution is 2.08. The number of rotatable bonds is 7. The SMILES string of the molecule is CN(CCOc1ccccc1)CC(=O)N[C@@H]1CCCCNC1=O. The van der Waals surface area contributed by atoms with Crippen LogP contribution in [0.4, 0.5) is 0 Å². The molecule has 1 fully saturated rings. The molecule has 0 aliphatic carbocycles. The van der Waals surface area contributed by atoms with E-state index in [-0.39, 0.29) is 18.4 Å². The Morgan fingerprint density at radius 3 is 2.91 bits per heavy atom. The molecule has 1 heterocycles. The summed E-state index contributed by atoms with van der Waals surface area (Å²) in [6.07, 6.45) is 2.62. The third kappa shape index (κ3) is 6.28. The van der Waals surface area contributed by atoms with Crippen molar-refractivity contribution in [1.29, 1.82) is 0 Å². The first-order valence-electron chi connectivity index (χ1n) is 8.08. The van der Waals surface area contributed by atoms with Gasteiger partial charge in [0.15, 0.2) is 0 Å². The van der Waals surface area contributed by atoms with Crippen molar-refractivity contribution in [2.24, 2.45) is 0 Å². The quantitative estimate of drug-likeness (QED) is 0.779. The van der Waals surface area contributed by atoms with Gasteiger partial charge in [-0.25, -0.2) is 0 Å². The molecule has 1 aliphatic heterocycles. The van der Waals surface area contributed by atoms with E-state index in [9.17, 15) is 9.59 Å². The van der Waals surface area contributed by atoms with Gasteiger partial charge in [0.2, 0.25) is 11.8 Å². The van der Waals surface area contributed by atoms with E-state index in [2.05, 4.69) is 10.6 Å². The molecule has 2 rings (SSSR count). The summed E-state index contributed by atoms with van der Waals surface area (Å²) in [5.41, 5.74) is 0. The minimum Gasteiger partial charge on any atom is -0.492 e. The largest absolute Gasteiger partial charge is 0.492 e. The Morgan fingerprint density at radius 1 is 1.35 bits per heavy atom. The third-order valence-corrected chi connectivity index (χ3v) is 3.77. The van der Waals surface area contributed by atoms with Gasteiger partial charge >= 0.3 is 0 Å². The van der Waals surface area contributed by atoms with E-state index in [0.717, 1.165) is 18.6 Å². The van der Waals surface area contributed by atoms with Crippen LogP contribution in [0.1, 0.15) is 19.3 Å². The predicted octanol–water partition coefficient (Wildman–Crippen LogP) is 0.782. The number of carbonyl (C=O) groups excluding carboxylic acids is 2. The lowest BCUT2D eigenvalue weighted by Crippen LogP contribution is -2.48. The molecule has 2 N–H and O–H groups in total. The van der Waals surface area contributed by atoms with Crippen LogP contribution >= 0.6 is 0 Å². The van der Waals surface area contributed by atoms with E-state index >= 15 is 0 Å². The number of carbonyl (C=O) groups is 2. The van der Waals surface area contributed by atoms with Crippen LogP contribution in [0, 0.1) is 0 Å². The van der Waals surface area contributed by atoms with Gasteiger partial charge in [-0.1, -0.05) is 18.2 Å². The van der Waals surface area contributed by atoms with Crippen molar-refractivity contribution in [3.05, 3.63) is 30.3 Å². The Balaban J connectivity index is 1.66. The lowest BCUT2D eigenvalue weighted by molar-refractivity contribution is -0.129. The number of nitrogens with zero attached hydrogens (tertiary/aromatic N) is 1. The van der Waals surface area contributed by atoms with Gasteiger partial charge in [0, 0.05) is 13.1 Å². The van der Waals surface area contributed by atoms with Crippen molar-refractivity contribution in [1.82, 2.24) is 15.5 Å². The number of hydrogen-bond donors (Lipinski definition) is 2. The third-order valence-electron chi connectivity index (χ3n) is 3.77. The molecule has 0 saturated carbocycles. The van der Waals surface area contributed by atoms with Crippen molar-refractivity contribution in [2.75, 3.05) is 33.3 Å². The van der Waals surface area contributed by atoms with Gasteiger partial charge < -0.3 is 15.4 Å². The molecule has 126 valence electrons. The molecule has 0 radical (unpaired) electrons. The molecule has 1 aromatic rings. The van der Waals surface area contributed by atoms with Crippen LogP contribution in [0.5, 0.6) is 5.75 Å². The Kier molecular flexibility index (Phi) is 6.87. The molecule has 1 aromatic carbocycles. The van der Waals surface area contributed by atoms with E-state index in [0.29, 0.717) is 26.1 Å². The van der Waals surface area contributed by atoms with Crippen LogP contribution in [-0.4, -0.2) is 56.0 Å². The number of hydrogen-bond acceptors (Lipinski definition) is 4. The highest BCUT2D eigenvalue weighted by molar-refractivity contribution is 5.88. The average Bonchev–Trinajstić information content (AvgIpc) is 2.73. The summed E-state index contributed by atoms with van der Waals surface area (Å²) in [4.78, 5) is 25.7. The first-order chi connectivity index (χ1) is 11.1. The highest BCUT2D eigenvalue weighted by Gasteiger charge is 2.22. The molecule has 1 aliphatic rings. The van der Waals surface area contributed by atoms with Crippen LogP contribution in [-0.2, 0) is 9.59 Å². The molecule has 0 aromatic heterocycles. The zero-order valence-corrected chi connectivity index (χ0v) is 13.6. The van der Waals surface area contributed by atoms with E-state index in [1.54, 1.807) is 0 Å². The van der Waals surface area contributed by atoms with Gasteiger partial charge in [-0.2, -0.15) is 0 Å². The van der Waals surface area contributed by atoms with Gasteiger partial charge in [-0.15, -0.1) is 0 Å². The predicted molar refractivity (Wildman–Crippen MR) is 88.2 cm³/mol. The Labute approximate surface area is 137 Å². The van der Waals surface area contributed by atoms with Gasteiger partial charge in [0.1, 0.15) is 18.4 Å². The second-order valence-electron chi connectivity index (χ2n) is 5.81. The van der Waals surface area contributed by atoms with Crippen molar-refractivity contribution in [2.45, 2.75) is 25.3 Å². The number of likely N-dealkylation sites (N-methyl/N-ethyl adjacent to an activating group) is 1. The highest BCUT2D eigenvalue weighted by atomic mass is 16.5. The van der Waals surface area contributed by atoms with Crippen molar-refractivity contribution >= 4 is 11.8 Å². The fraction of sp³-hybridized carbons (Fsp3) is 0.529. The van der Waals surface area contributed by atoms with Crippen LogP contribution < -0.4 is 15.4 Å². The molecular weight excluding hydrogens is 294 g/mol. The zero-order valence-electron chi connectivity index (χ0n) is 13.6. The molecule has 1 saturated heterocycles. The summed E-state index contributed by atoms with van der Waals surface area (Å²) < 4.78 is 5.60. The first-order valence-corrected chi connectivity index (χ1v) is 8.08. The molecule has 23 heavy (non-hydrogen) atoms. The summed E-state index contributed by atoms with van der Waals surface area (Å²) >= 11 is 0. The fourth-order valence-corrected chi connectivity index (χ4v) is 2.48. The lowest BCUT2D eigenvalue weighted by atomic mass is 10.1. The smallest absolute Gasteiger partial charge is 0.242 e. The van der Waals surface area contributed by atoms with Gasteiger partial charge in [-0.3, -0.25) is 14.5 Å². The maximum atomic E-state index is 12.0. The lowest BCUT2D eigenvalue weighted by Gasteiger charge is -2.19. The minimum absolute atomic E-state index is 0.0779. The summed E-state index contributed by atoms with van der Waals surface area (Å²) in [7, 11) is 1.86. The van der Waals surface area contributed by atoms with Crippen LogP contribution in [0.2, 0.25) is 0 Å². The van der Waals surface area contributed by atoms with Crippen LogP contribution in [0.15, 0.2) is 30.3 Å². The van der Waals surface area contributed by atoms with Crippen molar-refractivity contribution in [3.63, 3.8) is 0 Å². The van der Waals surface area contributed by atoms with Crippen LogP contribution in [0.3, 0.4) is 0 Å². The Morgan fingerprint density at radius 2 is 2.13 bits per heavy atom. The molecule has 6 nitrogen and oxygen atoms in total. The summed E-state index contributed by atoms with van der Waals surface area (Å²) in [6.45, 7) is 2.10. The maximum absolute atomic E-state index is 12.0. The molecule has 0 bridgehead atoms. The van der Waals surface area contributed by atoms with E-state index < -0.39 is 6.04 Å². The first kappa shape index (κ1) is 17.3. The Bertz CT molecular complexity index is 507. The number of ether oxygens (including phenoxy) is 1. The maximum Gasteiger partial charge on any atom is 0.242 e. The van der Waals surface area contributed by atoms with E-state index in [1.807, 2.05) is 42.3 Å². The normalized spacial score (nSPS) is 18.2. The second-order valence-corrected chi connectivity index (χ2v) is 5.81. The average molecular weight is 319 g/mol. The molecule has 2 amide bonds. The summed E-state index contributed by atoms with van der Waals surface area (Å²) in [6, 6.07) is 9.18. The summed E-state index contributed by atoms with van der Waals surface area (Å²) in [5, 5.41) is 5.63. The number of nitrogens with one attached hydrogen (secondary N) is 2. The van der Waals surface area contributed by atoms with E-state index in [1.165, 1.54) is 0 Å². The number of para-hydroxylation sites is 1.